The van der Waals surface area contributed by atoms with Crippen LogP contribution in [-0.4, -0.2) is 32.5 Å². The molecule has 2 amide bonds. The first-order valence-electron chi connectivity index (χ1n) is 7.76. The topological polar surface area (TPSA) is 83.6 Å². The van der Waals surface area contributed by atoms with Crippen molar-refractivity contribution in [2.75, 3.05) is 16.5 Å². The van der Waals surface area contributed by atoms with E-state index in [-0.39, 0.29) is 16.7 Å². The van der Waals surface area contributed by atoms with Gasteiger partial charge in [-0.2, -0.15) is 0 Å². The summed E-state index contributed by atoms with van der Waals surface area (Å²) in [4.78, 5) is 26.3. The van der Waals surface area contributed by atoms with Crippen molar-refractivity contribution >= 4 is 33.0 Å². The first-order chi connectivity index (χ1) is 11.8. The number of nitrogens with one attached hydrogen (secondary N) is 1. The van der Waals surface area contributed by atoms with Crippen LogP contribution < -0.4 is 10.2 Å². The molecule has 0 unspecified atom stereocenters. The van der Waals surface area contributed by atoms with E-state index in [1.807, 2.05) is 30.3 Å². The molecule has 0 saturated carbocycles. The molecule has 0 radical (unpaired) electrons. The number of carbonyl (C=O) groups excluding carboxylic acids is 2. The molecule has 0 fully saturated rings. The van der Waals surface area contributed by atoms with Crippen LogP contribution in [0.3, 0.4) is 0 Å². The van der Waals surface area contributed by atoms with Gasteiger partial charge in [0.2, 0.25) is 11.8 Å². The summed E-state index contributed by atoms with van der Waals surface area (Å²) in [5.74, 6) is -0.610. The van der Waals surface area contributed by atoms with Gasteiger partial charge in [-0.3, -0.25) is 14.5 Å². The minimum absolute atomic E-state index is 0.0940. The van der Waals surface area contributed by atoms with Gasteiger partial charge in [0.05, 0.1) is 16.3 Å². The van der Waals surface area contributed by atoms with Crippen LogP contribution in [0.15, 0.2) is 53.4 Å². The molecule has 1 heterocycles. The van der Waals surface area contributed by atoms with Gasteiger partial charge in [-0.05, 0) is 23.8 Å². The third-order valence-electron chi connectivity index (χ3n) is 4.14. The van der Waals surface area contributed by atoms with Gasteiger partial charge in [-0.1, -0.05) is 30.3 Å². The molecule has 1 atom stereocenters. The van der Waals surface area contributed by atoms with Crippen LogP contribution in [0.25, 0.3) is 0 Å². The van der Waals surface area contributed by atoms with E-state index < -0.39 is 15.9 Å². The molecule has 1 N–H and O–H groups in total. The average molecular weight is 358 g/mol. The SMILES string of the molecule is CC(=O)N1c2ccc(S(C)(=O)=O)cc2NC(=O)[C@@H]1Cc1ccccc1. The Labute approximate surface area is 146 Å². The number of benzene rings is 2. The number of sulfone groups is 1. The Kier molecular flexibility index (Phi) is 4.34. The number of rotatable bonds is 3. The fraction of sp³-hybridized carbons (Fsp3) is 0.222. The zero-order chi connectivity index (χ0) is 18.2. The number of fused-ring (bicyclic) bond motifs is 1. The summed E-state index contributed by atoms with van der Waals surface area (Å²) in [7, 11) is -3.41. The molecular weight excluding hydrogens is 340 g/mol. The Morgan fingerprint density at radius 3 is 2.44 bits per heavy atom. The second-order valence-corrected chi connectivity index (χ2v) is 8.05. The van der Waals surface area contributed by atoms with Crippen LogP contribution in [0.4, 0.5) is 11.4 Å². The molecule has 2 aromatic rings. The maximum absolute atomic E-state index is 12.6. The van der Waals surface area contributed by atoms with Gasteiger partial charge in [0.15, 0.2) is 9.84 Å². The monoisotopic (exact) mass is 358 g/mol. The van der Waals surface area contributed by atoms with E-state index in [0.717, 1.165) is 11.8 Å². The fourth-order valence-electron chi connectivity index (χ4n) is 2.97. The number of amides is 2. The lowest BCUT2D eigenvalue weighted by atomic mass is 10.00. The normalized spacial score (nSPS) is 17.0. The van der Waals surface area contributed by atoms with Gasteiger partial charge in [-0.15, -0.1) is 0 Å². The molecule has 25 heavy (non-hydrogen) atoms. The second kappa shape index (κ2) is 6.33. The van der Waals surface area contributed by atoms with Gasteiger partial charge in [-0.25, -0.2) is 8.42 Å². The van der Waals surface area contributed by atoms with E-state index in [2.05, 4.69) is 5.32 Å². The summed E-state index contributed by atoms with van der Waals surface area (Å²) in [5.41, 5.74) is 1.76. The minimum Gasteiger partial charge on any atom is -0.322 e. The smallest absolute Gasteiger partial charge is 0.247 e. The summed E-state index contributed by atoms with van der Waals surface area (Å²) in [6.07, 6.45) is 1.47. The number of hydrogen-bond donors (Lipinski definition) is 1. The highest BCUT2D eigenvalue weighted by atomic mass is 32.2. The first kappa shape index (κ1) is 17.2. The van der Waals surface area contributed by atoms with E-state index in [0.29, 0.717) is 17.8 Å². The van der Waals surface area contributed by atoms with Crippen molar-refractivity contribution in [1.82, 2.24) is 0 Å². The third kappa shape index (κ3) is 3.41. The lowest BCUT2D eigenvalue weighted by Gasteiger charge is -2.36. The summed E-state index contributed by atoms with van der Waals surface area (Å²) < 4.78 is 23.5. The predicted molar refractivity (Wildman–Crippen MR) is 95.3 cm³/mol. The van der Waals surface area contributed by atoms with Gasteiger partial charge in [0.1, 0.15) is 6.04 Å². The average Bonchev–Trinajstić information content (AvgIpc) is 2.54. The molecule has 6 nitrogen and oxygen atoms in total. The molecule has 7 heteroatoms. The highest BCUT2D eigenvalue weighted by molar-refractivity contribution is 7.90. The van der Waals surface area contributed by atoms with Crippen molar-refractivity contribution in [2.45, 2.75) is 24.3 Å². The van der Waals surface area contributed by atoms with Crippen LogP contribution >= 0.6 is 0 Å². The molecule has 3 rings (SSSR count). The Morgan fingerprint density at radius 1 is 1.16 bits per heavy atom. The van der Waals surface area contributed by atoms with E-state index >= 15 is 0 Å². The molecule has 2 aromatic carbocycles. The molecular formula is C18H18N2O4S. The van der Waals surface area contributed by atoms with Crippen molar-refractivity contribution < 1.29 is 18.0 Å². The van der Waals surface area contributed by atoms with Crippen molar-refractivity contribution in [3.05, 3.63) is 54.1 Å². The summed E-state index contributed by atoms with van der Waals surface area (Å²) in [5, 5.41) is 2.73. The molecule has 0 saturated heterocycles. The quantitative estimate of drug-likeness (QED) is 0.910. The largest absolute Gasteiger partial charge is 0.322 e. The van der Waals surface area contributed by atoms with E-state index in [1.54, 1.807) is 6.07 Å². The van der Waals surface area contributed by atoms with E-state index in [4.69, 9.17) is 0 Å². The molecule has 0 aromatic heterocycles. The van der Waals surface area contributed by atoms with Crippen molar-refractivity contribution in [1.29, 1.82) is 0 Å². The molecule has 1 aliphatic heterocycles. The van der Waals surface area contributed by atoms with Crippen LogP contribution in [0, 0.1) is 0 Å². The lowest BCUT2D eigenvalue weighted by molar-refractivity contribution is -0.122. The molecule has 0 spiro atoms. The second-order valence-electron chi connectivity index (χ2n) is 6.03. The van der Waals surface area contributed by atoms with Crippen molar-refractivity contribution in [2.24, 2.45) is 0 Å². The lowest BCUT2D eigenvalue weighted by Crippen LogP contribution is -2.51. The van der Waals surface area contributed by atoms with Gasteiger partial charge < -0.3 is 5.32 Å². The fourth-order valence-corrected chi connectivity index (χ4v) is 3.61. The predicted octanol–water partition coefficient (Wildman–Crippen LogP) is 2.01. The molecule has 130 valence electrons. The minimum atomic E-state index is -3.41. The number of carbonyl (C=O) groups is 2. The highest BCUT2D eigenvalue weighted by Crippen LogP contribution is 2.35. The van der Waals surface area contributed by atoms with Crippen LogP contribution in [-0.2, 0) is 25.8 Å². The Hall–Kier alpha value is -2.67. The Balaban J connectivity index is 2.04. The standard InChI is InChI=1S/C18H18N2O4S/c1-12(21)20-16-9-8-14(25(2,23)24)11-15(16)19-18(22)17(20)10-13-6-4-3-5-7-13/h3-9,11,17H,10H2,1-2H3,(H,19,22)/t17-/m0/s1. The third-order valence-corrected chi connectivity index (χ3v) is 5.25. The maximum Gasteiger partial charge on any atom is 0.247 e. The zero-order valence-corrected chi connectivity index (χ0v) is 14.7. The summed E-state index contributed by atoms with van der Waals surface area (Å²) in [6, 6.07) is 13.1. The van der Waals surface area contributed by atoms with Crippen LogP contribution in [0.5, 0.6) is 0 Å². The van der Waals surface area contributed by atoms with E-state index in [9.17, 15) is 18.0 Å². The van der Waals surface area contributed by atoms with Crippen LogP contribution in [0.1, 0.15) is 12.5 Å². The Morgan fingerprint density at radius 2 is 1.84 bits per heavy atom. The number of anilines is 2. The van der Waals surface area contributed by atoms with Gasteiger partial charge in [0.25, 0.3) is 0 Å². The van der Waals surface area contributed by atoms with Gasteiger partial charge >= 0.3 is 0 Å². The number of nitrogens with zero attached hydrogens (tertiary/aromatic N) is 1. The summed E-state index contributed by atoms with van der Waals surface area (Å²) in [6.45, 7) is 1.39. The van der Waals surface area contributed by atoms with E-state index in [1.165, 1.54) is 24.0 Å². The molecule has 1 aliphatic rings. The maximum atomic E-state index is 12.6. The highest BCUT2D eigenvalue weighted by Gasteiger charge is 2.35. The molecule has 0 aliphatic carbocycles. The van der Waals surface area contributed by atoms with Crippen LogP contribution in [0.2, 0.25) is 0 Å². The Bertz CT molecular complexity index is 939. The summed E-state index contributed by atoms with van der Waals surface area (Å²) >= 11 is 0. The zero-order valence-electron chi connectivity index (χ0n) is 13.9. The molecule has 0 bridgehead atoms. The van der Waals surface area contributed by atoms with Crippen molar-refractivity contribution in [3.8, 4) is 0 Å². The van der Waals surface area contributed by atoms with Gasteiger partial charge in [0, 0.05) is 19.6 Å². The first-order valence-corrected chi connectivity index (χ1v) is 9.65. The van der Waals surface area contributed by atoms with Crippen molar-refractivity contribution in [3.63, 3.8) is 0 Å². The number of hydrogen-bond acceptors (Lipinski definition) is 4.